The van der Waals surface area contributed by atoms with E-state index in [1.807, 2.05) is 6.07 Å². The molecule has 1 N–H and O–H groups in total. The van der Waals surface area contributed by atoms with Crippen LogP contribution < -0.4 is 4.74 Å². The number of ether oxygens (including phenoxy) is 1. The lowest BCUT2D eigenvalue weighted by Crippen LogP contribution is -2.12. The summed E-state index contributed by atoms with van der Waals surface area (Å²) < 4.78 is 5.26. The summed E-state index contributed by atoms with van der Waals surface area (Å²) in [6.07, 6.45) is 3.09. The lowest BCUT2D eigenvalue weighted by atomic mass is 9.95. The fraction of sp³-hybridized carbons (Fsp3) is 0.385. The lowest BCUT2D eigenvalue weighted by Gasteiger charge is -2.16. The summed E-state index contributed by atoms with van der Waals surface area (Å²) in [4.78, 5) is 3.47. The molecule has 1 aromatic carbocycles. The monoisotopic (exact) mass is 235 g/mol. The fourth-order valence-electron chi connectivity index (χ4n) is 2.48. The van der Waals surface area contributed by atoms with Crippen LogP contribution in [-0.4, -0.2) is 17.5 Å². The molecule has 0 amide bonds. The van der Waals surface area contributed by atoms with Crippen molar-refractivity contribution in [2.24, 2.45) is 0 Å². The predicted octanol–water partition coefficient (Wildman–Crippen LogP) is 3.27. The van der Waals surface area contributed by atoms with Gasteiger partial charge in [-0.2, -0.15) is 0 Å². The van der Waals surface area contributed by atoms with Crippen LogP contribution in [0.1, 0.15) is 17.7 Å². The van der Waals surface area contributed by atoms with Crippen LogP contribution in [0, 0.1) is 0 Å². The van der Waals surface area contributed by atoms with Crippen LogP contribution in [-0.2, 0) is 12.8 Å². The number of fused-ring (bicyclic) bond motifs is 3. The molecule has 0 saturated carbocycles. The highest BCUT2D eigenvalue weighted by Crippen LogP contribution is 2.32. The Kier molecular flexibility index (Phi) is 2.32. The van der Waals surface area contributed by atoms with E-state index >= 15 is 0 Å². The highest BCUT2D eigenvalue weighted by atomic mass is 35.5. The normalized spacial score (nSPS) is 19.8. The molecule has 0 radical (unpaired) electrons. The summed E-state index contributed by atoms with van der Waals surface area (Å²) in [7, 11) is 1.70. The molecular formula is C13H14ClNO. The van der Waals surface area contributed by atoms with E-state index in [0.29, 0.717) is 0 Å². The molecule has 2 aromatic rings. The Labute approximate surface area is 99.6 Å². The van der Waals surface area contributed by atoms with Gasteiger partial charge in [0.25, 0.3) is 0 Å². The third-order valence-electron chi connectivity index (χ3n) is 3.33. The van der Waals surface area contributed by atoms with E-state index in [-0.39, 0.29) is 5.38 Å². The van der Waals surface area contributed by atoms with Gasteiger partial charge in [0.1, 0.15) is 5.75 Å². The summed E-state index contributed by atoms with van der Waals surface area (Å²) in [5.74, 6) is 0.908. The minimum atomic E-state index is 0.276. The number of aromatic nitrogens is 1. The zero-order chi connectivity index (χ0) is 11.1. The number of alkyl halides is 1. The van der Waals surface area contributed by atoms with Crippen molar-refractivity contribution in [3.05, 3.63) is 29.5 Å². The number of nitrogens with one attached hydrogen (secondary N) is 1. The van der Waals surface area contributed by atoms with Crippen LogP contribution in [0.2, 0.25) is 0 Å². The van der Waals surface area contributed by atoms with Gasteiger partial charge in [0.05, 0.1) is 7.11 Å². The minimum Gasteiger partial charge on any atom is -0.497 e. The van der Waals surface area contributed by atoms with Crippen LogP contribution in [0.4, 0.5) is 0 Å². The molecule has 0 saturated heterocycles. The number of hydrogen-bond acceptors (Lipinski definition) is 1. The second kappa shape index (κ2) is 3.70. The summed E-state index contributed by atoms with van der Waals surface area (Å²) >= 11 is 6.23. The van der Waals surface area contributed by atoms with E-state index in [2.05, 4.69) is 17.1 Å². The number of aryl methyl sites for hydroxylation is 1. The molecule has 0 unspecified atom stereocenters. The maximum absolute atomic E-state index is 6.23. The molecule has 1 aliphatic carbocycles. The maximum Gasteiger partial charge on any atom is 0.119 e. The van der Waals surface area contributed by atoms with E-state index in [4.69, 9.17) is 16.3 Å². The van der Waals surface area contributed by atoms with Crippen molar-refractivity contribution in [2.45, 2.75) is 24.6 Å². The second-order valence-electron chi connectivity index (χ2n) is 4.33. The van der Waals surface area contributed by atoms with Gasteiger partial charge in [0, 0.05) is 22.0 Å². The van der Waals surface area contributed by atoms with Crippen molar-refractivity contribution in [1.29, 1.82) is 0 Å². The van der Waals surface area contributed by atoms with Crippen LogP contribution in [0.15, 0.2) is 18.2 Å². The zero-order valence-electron chi connectivity index (χ0n) is 9.22. The smallest absolute Gasteiger partial charge is 0.119 e. The molecule has 0 spiro atoms. The number of halogens is 1. The molecule has 3 rings (SSSR count). The first kappa shape index (κ1) is 10.0. The Morgan fingerprint density at radius 2 is 2.31 bits per heavy atom. The zero-order valence-corrected chi connectivity index (χ0v) is 9.97. The molecule has 3 heteroatoms. The number of rotatable bonds is 1. The summed E-state index contributed by atoms with van der Waals surface area (Å²) in [5, 5.41) is 1.54. The molecule has 1 aromatic heterocycles. The Morgan fingerprint density at radius 1 is 1.44 bits per heavy atom. The number of benzene rings is 1. The van der Waals surface area contributed by atoms with Crippen molar-refractivity contribution in [1.82, 2.24) is 4.98 Å². The number of hydrogen-bond donors (Lipinski definition) is 1. The Bertz CT molecular complexity index is 532. The molecular weight excluding hydrogens is 222 g/mol. The van der Waals surface area contributed by atoms with E-state index in [0.717, 1.165) is 25.0 Å². The Hall–Kier alpha value is -1.15. The number of methoxy groups -OCH3 is 1. The SMILES string of the molecule is COc1ccc2[nH]c3c(c2c1)C[C@H](Cl)CC3. The van der Waals surface area contributed by atoms with Crippen LogP contribution in [0.3, 0.4) is 0 Å². The molecule has 1 atom stereocenters. The van der Waals surface area contributed by atoms with Crippen molar-refractivity contribution in [3.63, 3.8) is 0 Å². The van der Waals surface area contributed by atoms with E-state index in [1.165, 1.54) is 22.2 Å². The highest BCUT2D eigenvalue weighted by Gasteiger charge is 2.20. The molecule has 0 aliphatic heterocycles. The number of aromatic amines is 1. The van der Waals surface area contributed by atoms with Gasteiger partial charge >= 0.3 is 0 Å². The summed E-state index contributed by atoms with van der Waals surface area (Å²) in [6, 6.07) is 6.16. The average Bonchev–Trinajstić information content (AvgIpc) is 2.66. The van der Waals surface area contributed by atoms with E-state index < -0.39 is 0 Å². The van der Waals surface area contributed by atoms with Crippen LogP contribution in [0.25, 0.3) is 10.9 Å². The van der Waals surface area contributed by atoms with Crippen molar-refractivity contribution in [2.75, 3.05) is 7.11 Å². The molecule has 1 aliphatic rings. The largest absolute Gasteiger partial charge is 0.497 e. The average molecular weight is 236 g/mol. The quantitative estimate of drug-likeness (QED) is 0.754. The van der Waals surface area contributed by atoms with E-state index in [1.54, 1.807) is 7.11 Å². The highest BCUT2D eigenvalue weighted by molar-refractivity contribution is 6.21. The molecule has 0 fully saturated rings. The third-order valence-corrected chi connectivity index (χ3v) is 3.71. The van der Waals surface area contributed by atoms with Gasteiger partial charge < -0.3 is 9.72 Å². The van der Waals surface area contributed by atoms with Crippen molar-refractivity contribution in [3.8, 4) is 5.75 Å². The first-order valence-electron chi connectivity index (χ1n) is 5.59. The molecule has 84 valence electrons. The third kappa shape index (κ3) is 1.49. The first-order valence-corrected chi connectivity index (χ1v) is 6.03. The molecule has 16 heavy (non-hydrogen) atoms. The summed E-state index contributed by atoms with van der Waals surface area (Å²) in [6.45, 7) is 0. The van der Waals surface area contributed by atoms with Gasteiger partial charge in [-0.15, -0.1) is 11.6 Å². The molecule has 1 heterocycles. The van der Waals surface area contributed by atoms with Gasteiger partial charge in [-0.3, -0.25) is 0 Å². The van der Waals surface area contributed by atoms with Gasteiger partial charge in [0.2, 0.25) is 0 Å². The van der Waals surface area contributed by atoms with Gasteiger partial charge in [-0.1, -0.05) is 0 Å². The Morgan fingerprint density at radius 3 is 3.12 bits per heavy atom. The van der Waals surface area contributed by atoms with E-state index in [9.17, 15) is 0 Å². The van der Waals surface area contributed by atoms with Gasteiger partial charge in [-0.25, -0.2) is 0 Å². The maximum atomic E-state index is 6.23. The van der Waals surface area contributed by atoms with Gasteiger partial charge in [0.15, 0.2) is 0 Å². The predicted molar refractivity (Wildman–Crippen MR) is 66.5 cm³/mol. The van der Waals surface area contributed by atoms with Crippen LogP contribution in [0.5, 0.6) is 5.75 Å². The second-order valence-corrected chi connectivity index (χ2v) is 4.95. The molecule has 0 bridgehead atoms. The fourth-order valence-corrected chi connectivity index (χ4v) is 2.74. The topological polar surface area (TPSA) is 25.0 Å². The van der Waals surface area contributed by atoms with Crippen molar-refractivity contribution >= 4 is 22.5 Å². The van der Waals surface area contributed by atoms with Crippen LogP contribution >= 0.6 is 11.6 Å². The van der Waals surface area contributed by atoms with Crippen molar-refractivity contribution < 1.29 is 4.74 Å². The Balaban J connectivity index is 2.20. The minimum absolute atomic E-state index is 0.276. The first-order chi connectivity index (χ1) is 7.78. The lowest BCUT2D eigenvalue weighted by molar-refractivity contribution is 0.415. The standard InChI is InChI=1S/C13H14ClNO/c1-16-9-3-5-13-11(7-9)10-6-8(14)2-4-12(10)15-13/h3,5,7-8,15H,2,4,6H2,1H3/t8-/m1/s1. The number of H-pyrrole nitrogens is 1. The summed E-state index contributed by atoms with van der Waals surface area (Å²) in [5.41, 5.74) is 3.91. The molecule has 2 nitrogen and oxygen atoms in total. The van der Waals surface area contributed by atoms with Gasteiger partial charge in [-0.05, 0) is 43.0 Å².